The van der Waals surface area contributed by atoms with Gasteiger partial charge in [-0.25, -0.2) is 4.79 Å². The number of hydrogen-bond acceptors (Lipinski definition) is 16. The first kappa shape index (κ1) is 65.2. The first-order valence-corrected chi connectivity index (χ1v) is 29.2. The van der Waals surface area contributed by atoms with Gasteiger partial charge in [0.15, 0.2) is 17.0 Å². The number of amides is 4. The summed E-state index contributed by atoms with van der Waals surface area (Å²) in [6.07, 6.45) is -0.418. The molecular formula is C62H66ClN5O16S2. The Hall–Kier alpha value is -8.38. The number of Topliss-reactive ketones (excluding diaryl/α,β-unsaturated/α-hetero) is 2. The first-order valence-electron chi connectivity index (χ1n) is 27.8. The number of fused-ring (bicyclic) bond motifs is 2. The highest BCUT2D eigenvalue weighted by Crippen LogP contribution is 2.42. The van der Waals surface area contributed by atoms with E-state index in [-0.39, 0.29) is 95.4 Å². The summed E-state index contributed by atoms with van der Waals surface area (Å²) in [6.45, 7) is -0.291. The fraction of sp³-hybridized carbons (Fsp3) is 0.355. The number of anilines is 1. The average Bonchev–Trinajstić information content (AvgIpc) is 1.13. The lowest BCUT2D eigenvalue weighted by Crippen LogP contribution is -2.54. The molecule has 7 rings (SSSR count). The van der Waals surface area contributed by atoms with Crippen LogP contribution in [0.25, 0.3) is 33.4 Å². The molecule has 1 aliphatic carbocycles. The average molecular weight is 1240 g/mol. The fourth-order valence-electron chi connectivity index (χ4n) is 10.5. The zero-order chi connectivity index (χ0) is 62.4. The maximum atomic E-state index is 14.3. The number of aromatic hydroxyl groups is 3. The summed E-state index contributed by atoms with van der Waals surface area (Å²) < 4.78 is 5.92. The van der Waals surface area contributed by atoms with Gasteiger partial charge < -0.3 is 61.2 Å². The highest BCUT2D eigenvalue weighted by atomic mass is 35.5. The van der Waals surface area contributed by atoms with Gasteiger partial charge in [-0.2, -0.15) is 12.6 Å². The number of β-amino-alcohol motifs (C(OH)–C–C–N with tert-alkyl or cyclic N) is 1. The number of phenolic OH excluding ortho intramolecular Hbond substituents is 3. The third-order valence-electron chi connectivity index (χ3n) is 15.0. The fourth-order valence-corrected chi connectivity index (χ4v) is 11.3. The highest BCUT2D eigenvalue weighted by Gasteiger charge is 2.43. The molecule has 2 aliphatic heterocycles. The monoisotopic (exact) mass is 1240 g/mol. The lowest BCUT2D eigenvalue weighted by molar-refractivity contribution is -0.142. The van der Waals surface area contributed by atoms with Crippen molar-refractivity contribution in [2.75, 3.05) is 24.7 Å². The second kappa shape index (κ2) is 30.1. The minimum Gasteiger partial charge on any atom is -0.508 e. The molecule has 24 heteroatoms. The molecule has 0 saturated carbocycles. The molecule has 0 spiro atoms. The Morgan fingerprint density at radius 2 is 1.44 bits per heavy atom. The number of carboxylic acids is 2. The van der Waals surface area contributed by atoms with E-state index >= 15 is 0 Å². The largest absolute Gasteiger partial charge is 0.508 e. The number of hydrogen-bond donors (Lipinski definition) is 11. The van der Waals surface area contributed by atoms with Crippen LogP contribution < -0.4 is 26.7 Å². The number of rotatable bonds is 29. The number of carbonyl (C=O) groups is 8. The summed E-state index contributed by atoms with van der Waals surface area (Å²) in [7, 11) is 1.40. The number of nitrogens with one attached hydrogen (secondary N) is 4. The molecule has 3 aliphatic rings. The predicted molar refractivity (Wildman–Crippen MR) is 327 cm³/mol. The van der Waals surface area contributed by atoms with Gasteiger partial charge in [0.05, 0.1) is 33.8 Å². The van der Waals surface area contributed by atoms with Crippen LogP contribution in [0.2, 0.25) is 5.02 Å². The van der Waals surface area contributed by atoms with Crippen LogP contribution in [0, 0.1) is 11.8 Å². The number of unbranched alkanes of at least 4 members (excludes halogenated alkanes) is 3. The van der Waals surface area contributed by atoms with E-state index in [1.807, 2.05) is 0 Å². The van der Waals surface area contributed by atoms with E-state index in [0.717, 1.165) is 4.90 Å². The summed E-state index contributed by atoms with van der Waals surface area (Å²) in [5, 5.41) is 72.3. The topological polar surface area (TPSA) is 340 Å². The van der Waals surface area contributed by atoms with Gasteiger partial charge in [0.2, 0.25) is 23.6 Å². The van der Waals surface area contributed by atoms with Crippen LogP contribution >= 0.6 is 36.4 Å². The van der Waals surface area contributed by atoms with Crippen LogP contribution in [0.1, 0.15) is 92.1 Å². The zero-order valence-electron chi connectivity index (χ0n) is 46.8. The number of phenols is 3. The van der Waals surface area contributed by atoms with Gasteiger partial charge in [-0.3, -0.25) is 38.4 Å². The molecule has 1 fully saturated rings. The number of benzene rings is 5. The van der Waals surface area contributed by atoms with Gasteiger partial charge >= 0.3 is 11.9 Å². The Labute approximate surface area is 509 Å². The van der Waals surface area contributed by atoms with Crippen molar-refractivity contribution in [3.8, 4) is 39.7 Å². The number of thiol groups is 1. The van der Waals surface area contributed by atoms with Crippen molar-refractivity contribution in [3.05, 3.63) is 129 Å². The molecule has 0 radical (unpaired) electrons. The molecule has 454 valence electrons. The molecule has 21 nitrogen and oxygen atoms in total. The third-order valence-corrected chi connectivity index (χ3v) is 15.9. The van der Waals surface area contributed by atoms with Crippen molar-refractivity contribution in [2.24, 2.45) is 11.8 Å². The molecule has 2 heterocycles. The van der Waals surface area contributed by atoms with Crippen molar-refractivity contribution < 1.29 is 73.4 Å². The van der Waals surface area contributed by atoms with Crippen LogP contribution in [-0.2, 0) is 46.4 Å². The van der Waals surface area contributed by atoms with Crippen LogP contribution in [0.3, 0.4) is 0 Å². The van der Waals surface area contributed by atoms with Crippen molar-refractivity contribution in [1.82, 2.24) is 20.9 Å². The van der Waals surface area contributed by atoms with Gasteiger partial charge in [0.25, 0.3) is 0 Å². The number of halogens is 1. The summed E-state index contributed by atoms with van der Waals surface area (Å²) in [5.74, 6) is -8.92. The van der Waals surface area contributed by atoms with Gasteiger partial charge in [0, 0.05) is 97.6 Å². The molecule has 4 amide bonds. The van der Waals surface area contributed by atoms with Crippen LogP contribution in [0.15, 0.2) is 106 Å². The Morgan fingerprint density at radius 1 is 0.744 bits per heavy atom. The molecule has 1 saturated heterocycles. The molecule has 0 unspecified atom stereocenters. The Kier molecular flexibility index (Phi) is 22.8. The SMILES string of the molecule is CNC(=O)[C@@H](CC(=O)[C@@H]1C[C@@H](O)CN1C(=O)[C@H](CS)NC(=O)[C@@H](CCC(=O)O)CC(=O)[C@H](Cc1ccc(O)cc1)NC(=O)CCCCCCC(=S)Nc1ccc(-c2c3ccc(=O)cc-3oc3cc(O)ccc23)c(C(=O)O)c1)Cc1ccc(O)c(Cl)c1. The number of carbonyl (C=O) groups excluding carboxylic acids is 6. The number of aromatic carboxylic acids is 1. The second-order valence-corrected chi connectivity index (χ2v) is 22.5. The summed E-state index contributed by atoms with van der Waals surface area (Å²) >= 11 is 16.0. The van der Waals surface area contributed by atoms with Gasteiger partial charge in [-0.05, 0) is 116 Å². The first-order chi connectivity index (χ1) is 41.0. The number of aliphatic hydroxyl groups is 1. The van der Waals surface area contributed by atoms with Gasteiger partial charge in [-0.15, -0.1) is 0 Å². The van der Waals surface area contributed by atoms with Crippen molar-refractivity contribution >= 4 is 105 Å². The molecule has 86 heavy (non-hydrogen) atoms. The van der Waals surface area contributed by atoms with Crippen molar-refractivity contribution in [3.63, 3.8) is 0 Å². The molecule has 4 aromatic carbocycles. The van der Waals surface area contributed by atoms with Crippen LogP contribution in [0.4, 0.5) is 5.69 Å². The maximum absolute atomic E-state index is 14.3. The van der Waals surface area contributed by atoms with Gasteiger partial charge in [0.1, 0.15) is 34.6 Å². The Bertz CT molecular complexity index is 3560. The van der Waals surface area contributed by atoms with E-state index in [9.17, 15) is 73.8 Å². The standard InChI is InChI=1S/C62H66ClN5O16S2/c1-64-59(79)36(22-34-10-20-50(73)46(63)23-34)26-52(75)49-28-41(72)31-68(49)61(81)48(32-85)67-60(80)35(11-21-57(77)78)25-51(74)47(24-33-8-13-38(69)14-9-33)66-55(76)6-4-2-3-5-7-56(86)65-37-12-17-42(45(27-37)62(82)83)58-43-18-15-39(70)29-53(43)84-54-30-40(71)16-19-44(54)58/h8-10,12-20,23,27,29-30,35-36,41,47-49,69-70,72-73,85H,2-7,11,21-22,24-26,28,31-32H2,1H3,(H,64,79)(H,65,86)(H,66,76)(H,67,80)(H,77,78)(H,82,83)/t35-,36+,41+,47-,48-,49-/m0/s1. The zero-order valence-corrected chi connectivity index (χ0v) is 49.2. The number of aliphatic carboxylic acids is 1. The maximum Gasteiger partial charge on any atom is 0.336 e. The molecule has 4 aromatic rings. The van der Waals surface area contributed by atoms with E-state index < -0.39 is 96.0 Å². The second-order valence-electron chi connectivity index (χ2n) is 21.2. The molecular weight excluding hydrogens is 1170 g/mol. The number of ketones is 2. The number of thiocarbonyl (C=S) groups is 1. The molecule has 0 aromatic heterocycles. The molecule has 6 atom stereocenters. The van der Waals surface area contributed by atoms with E-state index in [0.29, 0.717) is 76.0 Å². The minimum absolute atomic E-state index is 0.00870. The van der Waals surface area contributed by atoms with Gasteiger partial charge in [-0.1, -0.05) is 60.9 Å². The number of aliphatic hydroxyl groups excluding tert-OH is 1. The summed E-state index contributed by atoms with van der Waals surface area (Å²) in [4.78, 5) is 121. The number of nitrogens with zero attached hydrogens (tertiary/aromatic N) is 1. The quantitative estimate of drug-likeness (QED) is 0.00955. The van der Waals surface area contributed by atoms with Crippen molar-refractivity contribution in [2.45, 2.75) is 108 Å². The summed E-state index contributed by atoms with van der Waals surface area (Å²) in [5.41, 5.74) is 2.74. The smallest absolute Gasteiger partial charge is 0.336 e. The lowest BCUT2D eigenvalue weighted by Gasteiger charge is -2.29. The third kappa shape index (κ3) is 17.4. The van der Waals surface area contributed by atoms with Crippen LogP contribution in [-0.4, -0.2) is 131 Å². The number of likely N-dealkylation sites (tertiary alicyclic amines) is 1. The Balaban J connectivity index is 0.944. The van der Waals surface area contributed by atoms with E-state index in [1.54, 1.807) is 42.5 Å². The predicted octanol–water partition coefficient (Wildman–Crippen LogP) is 7.22. The van der Waals surface area contributed by atoms with Crippen molar-refractivity contribution in [1.29, 1.82) is 0 Å². The van der Waals surface area contributed by atoms with E-state index in [4.69, 9.17) is 28.2 Å². The normalized spacial score (nSPS) is 15.3. The Morgan fingerprint density at radius 3 is 2.13 bits per heavy atom. The van der Waals surface area contributed by atoms with Crippen LogP contribution in [0.5, 0.6) is 17.2 Å². The minimum atomic E-state index is -1.41. The van der Waals surface area contributed by atoms with E-state index in [2.05, 4.69) is 33.9 Å². The lowest BCUT2D eigenvalue weighted by atomic mass is 9.90. The highest BCUT2D eigenvalue weighted by molar-refractivity contribution is 7.80. The molecule has 0 bridgehead atoms. The molecule has 10 N–H and O–H groups in total. The van der Waals surface area contributed by atoms with E-state index in [1.165, 1.54) is 61.6 Å². The summed E-state index contributed by atoms with van der Waals surface area (Å²) in [6, 6.07) is 19.9. The number of carboxylic acid groups (broad SMARTS) is 2.